The Morgan fingerprint density at radius 2 is 2.00 bits per heavy atom. The number of thiazole rings is 1. The van der Waals surface area contributed by atoms with Crippen molar-refractivity contribution in [3.8, 4) is 11.5 Å². The zero-order chi connectivity index (χ0) is 14.3. The highest BCUT2D eigenvalue weighted by atomic mass is 79.9. The molecule has 7 heteroatoms. The number of ether oxygens (including phenoxy) is 1. The Balaban J connectivity index is 2.04. The SMILES string of the molecule is Nc1nc2ccc(Oc3ccc(F)cc3Cl)c(Br)c2s1. The van der Waals surface area contributed by atoms with Gasteiger partial charge in [0, 0.05) is 0 Å². The number of nitrogen functional groups attached to an aromatic ring is 1. The van der Waals surface area contributed by atoms with Crippen LogP contribution in [0.25, 0.3) is 10.2 Å². The van der Waals surface area contributed by atoms with E-state index in [0.717, 1.165) is 14.7 Å². The number of aromatic nitrogens is 1. The minimum absolute atomic E-state index is 0.209. The van der Waals surface area contributed by atoms with Gasteiger partial charge in [0.2, 0.25) is 0 Å². The van der Waals surface area contributed by atoms with Crippen LogP contribution in [-0.2, 0) is 0 Å². The van der Waals surface area contributed by atoms with Crippen LogP contribution in [0, 0.1) is 5.82 Å². The minimum Gasteiger partial charge on any atom is -0.455 e. The van der Waals surface area contributed by atoms with Crippen molar-refractivity contribution in [3.63, 3.8) is 0 Å². The molecule has 102 valence electrons. The van der Waals surface area contributed by atoms with Gasteiger partial charge >= 0.3 is 0 Å². The molecule has 0 aliphatic carbocycles. The number of halogens is 3. The molecular formula is C13H7BrClFN2OS. The smallest absolute Gasteiger partial charge is 0.181 e. The van der Waals surface area contributed by atoms with Crippen molar-refractivity contribution in [1.29, 1.82) is 0 Å². The van der Waals surface area contributed by atoms with Crippen LogP contribution in [0.15, 0.2) is 34.8 Å². The Bertz CT molecular complexity index is 808. The van der Waals surface area contributed by atoms with Gasteiger partial charge in [-0.1, -0.05) is 22.9 Å². The predicted octanol–water partition coefficient (Wildman–Crippen LogP) is 5.23. The number of hydrogen-bond donors (Lipinski definition) is 1. The summed E-state index contributed by atoms with van der Waals surface area (Å²) >= 11 is 10.8. The van der Waals surface area contributed by atoms with Gasteiger partial charge < -0.3 is 10.5 Å². The highest BCUT2D eigenvalue weighted by molar-refractivity contribution is 9.10. The first-order valence-electron chi connectivity index (χ1n) is 5.52. The molecule has 20 heavy (non-hydrogen) atoms. The maximum absolute atomic E-state index is 13.0. The molecule has 3 aromatic rings. The third-order valence-electron chi connectivity index (χ3n) is 2.59. The monoisotopic (exact) mass is 372 g/mol. The lowest BCUT2D eigenvalue weighted by Crippen LogP contribution is -1.87. The molecule has 0 saturated heterocycles. The van der Waals surface area contributed by atoms with Crippen molar-refractivity contribution < 1.29 is 9.13 Å². The molecule has 0 aliphatic heterocycles. The van der Waals surface area contributed by atoms with Crippen molar-refractivity contribution in [1.82, 2.24) is 4.98 Å². The van der Waals surface area contributed by atoms with Crippen LogP contribution in [0.4, 0.5) is 9.52 Å². The Kier molecular flexibility index (Phi) is 3.54. The number of nitrogens with zero attached hydrogens (tertiary/aromatic N) is 1. The summed E-state index contributed by atoms with van der Waals surface area (Å²) in [5.41, 5.74) is 6.47. The van der Waals surface area contributed by atoms with Gasteiger partial charge in [0.15, 0.2) is 5.13 Å². The number of hydrogen-bond acceptors (Lipinski definition) is 4. The number of anilines is 1. The summed E-state index contributed by atoms with van der Waals surface area (Å²) in [7, 11) is 0. The molecule has 0 fully saturated rings. The summed E-state index contributed by atoms with van der Waals surface area (Å²) in [5, 5.41) is 0.693. The molecule has 0 atom stereocenters. The molecule has 0 spiro atoms. The summed E-state index contributed by atoms with van der Waals surface area (Å²) in [6, 6.07) is 7.53. The molecule has 3 nitrogen and oxygen atoms in total. The average Bonchev–Trinajstić information content (AvgIpc) is 2.77. The first-order chi connectivity index (χ1) is 9.54. The van der Waals surface area contributed by atoms with Gasteiger partial charge in [-0.15, -0.1) is 0 Å². The standard InChI is InChI=1S/C13H7BrClFN2OS/c14-11-10(4-2-8-12(11)20-13(17)18-8)19-9-3-1-6(16)5-7(9)15/h1-5H,(H2,17,18). The largest absolute Gasteiger partial charge is 0.455 e. The zero-order valence-corrected chi connectivity index (χ0v) is 13.0. The fourth-order valence-electron chi connectivity index (χ4n) is 1.71. The topological polar surface area (TPSA) is 48.1 Å². The van der Waals surface area contributed by atoms with Crippen molar-refractivity contribution in [2.75, 3.05) is 5.73 Å². The highest BCUT2D eigenvalue weighted by Gasteiger charge is 2.12. The van der Waals surface area contributed by atoms with E-state index >= 15 is 0 Å². The van der Waals surface area contributed by atoms with Crippen molar-refractivity contribution in [3.05, 3.63) is 45.6 Å². The lowest BCUT2D eigenvalue weighted by molar-refractivity contribution is 0.479. The van der Waals surface area contributed by atoms with E-state index in [1.165, 1.54) is 29.5 Å². The van der Waals surface area contributed by atoms with Crippen LogP contribution in [-0.4, -0.2) is 4.98 Å². The van der Waals surface area contributed by atoms with E-state index in [4.69, 9.17) is 22.1 Å². The normalized spacial score (nSPS) is 10.9. The fraction of sp³-hybridized carbons (Fsp3) is 0. The van der Waals surface area contributed by atoms with Crippen LogP contribution in [0.2, 0.25) is 5.02 Å². The Hall–Kier alpha value is -1.37. The fourth-order valence-corrected chi connectivity index (χ4v) is 3.34. The lowest BCUT2D eigenvalue weighted by Gasteiger charge is -2.09. The molecule has 2 N–H and O–H groups in total. The number of benzene rings is 2. The Morgan fingerprint density at radius 1 is 1.25 bits per heavy atom. The van der Waals surface area contributed by atoms with Crippen molar-refractivity contribution in [2.24, 2.45) is 0 Å². The molecule has 0 aliphatic rings. The first-order valence-corrected chi connectivity index (χ1v) is 7.51. The number of rotatable bonds is 2. The summed E-state index contributed by atoms with van der Waals surface area (Å²) in [5.74, 6) is 0.535. The second-order valence-electron chi connectivity index (χ2n) is 3.95. The van der Waals surface area contributed by atoms with E-state index in [0.29, 0.717) is 16.6 Å². The number of fused-ring (bicyclic) bond motifs is 1. The molecule has 0 bridgehead atoms. The van der Waals surface area contributed by atoms with Gasteiger partial charge in [-0.25, -0.2) is 9.37 Å². The quantitative estimate of drug-likeness (QED) is 0.669. The van der Waals surface area contributed by atoms with E-state index in [1.807, 2.05) is 0 Å². The van der Waals surface area contributed by atoms with Gasteiger partial charge in [-0.05, 0) is 46.3 Å². The predicted molar refractivity (Wildman–Crippen MR) is 83.2 cm³/mol. The molecule has 0 radical (unpaired) electrons. The van der Waals surface area contributed by atoms with Gasteiger partial charge in [0.05, 0.1) is 19.7 Å². The van der Waals surface area contributed by atoms with Crippen LogP contribution >= 0.6 is 38.9 Å². The van der Waals surface area contributed by atoms with Crippen LogP contribution < -0.4 is 10.5 Å². The molecular weight excluding hydrogens is 367 g/mol. The molecule has 3 rings (SSSR count). The van der Waals surface area contributed by atoms with E-state index < -0.39 is 5.82 Å². The minimum atomic E-state index is -0.410. The lowest BCUT2D eigenvalue weighted by atomic mass is 10.3. The molecule has 0 unspecified atom stereocenters. The van der Waals surface area contributed by atoms with Crippen LogP contribution in [0.5, 0.6) is 11.5 Å². The zero-order valence-electron chi connectivity index (χ0n) is 9.86. The molecule has 1 heterocycles. The van der Waals surface area contributed by atoms with Crippen LogP contribution in [0.1, 0.15) is 0 Å². The summed E-state index contributed by atoms with van der Waals surface area (Å²) in [6.45, 7) is 0. The molecule has 2 aromatic carbocycles. The third kappa shape index (κ3) is 2.46. The van der Waals surface area contributed by atoms with E-state index in [1.54, 1.807) is 12.1 Å². The van der Waals surface area contributed by atoms with Gasteiger partial charge in [0.25, 0.3) is 0 Å². The second-order valence-corrected chi connectivity index (χ2v) is 6.19. The van der Waals surface area contributed by atoms with E-state index in [-0.39, 0.29) is 5.02 Å². The highest BCUT2D eigenvalue weighted by Crippen LogP contribution is 2.40. The van der Waals surface area contributed by atoms with Gasteiger partial charge in [-0.2, -0.15) is 0 Å². The third-order valence-corrected chi connectivity index (χ3v) is 4.85. The summed E-state index contributed by atoms with van der Waals surface area (Å²) < 4.78 is 20.3. The van der Waals surface area contributed by atoms with Gasteiger partial charge in [0.1, 0.15) is 17.3 Å². The Morgan fingerprint density at radius 3 is 2.75 bits per heavy atom. The van der Waals surface area contributed by atoms with Crippen molar-refractivity contribution in [2.45, 2.75) is 0 Å². The summed E-state index contributed by atoms with van der Waals surface area (Å²) in [6.07, 6.45) is 0. The Labute approximate surface area is 131 Å². The first kappa shape index (κ1) is 13.6. The van der Waals surface area contributed by atoms with E-state index in [2.05, 4.69) is 20.9 Å². The van der Waals surface area contributed by atoms with Crippen LogP contribution in [0.3, 0.4) is 0 Å². The summed E-state index contributed by atoms with van der Waals surface area (Å²) in [4.78, 5) is 4.19. The van der Waals surface area contributed by atoms with Gasteiger partial charge in [-0.3, -0.25) is 0 Å². The molecule has 0 amide bonds. The second kappa shape index (κ2) is 5.20. The average molecular weight is 374 g/mol. The maximum Gasteiger partial charge on any atom is 0.181 e. The number of nitrogens with two attached hydrogens (primary N) is 1. The maximum atomic E-state index is 13.0. The van der Waals surface area contributed by atoms with E-state index in [9.17, 15) is 4.39 Å². The molecule has 0 saturated carbocycles. The molecule has 1 aromatic heterocycles. The van der Waals surface area contributed by atoms with Crippen molar-refractivity contribution >= 4 is 54.2 Å².